The van der Waals surface area contributed by atoms with Crippen LogP contribution >= 0.6 is 0 Å². The lowest BCUT2D eigenvalue weighted by atomic mass is 10.2. The van der Waals surface area contributed by atoms with Gasteiger partial charge >= 0.3 is 0 Å². The lowest BCUT2D eigenvalue weighted by Gasteiger charge is -2.12. The maximum absolute atomic E-state index is 12.5. The molecule has 0 radical (unpaired) electrons. The van der Waals surface area contributed by atoms with E-state index in [4.69, 9.17) is 9.84 Å². The largest absolute Gasteiger partial charge is 0.497 e. The van der Waals surface area contributed by atoms with Crippen LogP contribution in [0.5, 0.6) is 5.75 Å². The minimum absolute atomic E-state index is 0.0793. The van der Waals surface area contributed by atoms with Crippen LogP contribution in [0.15, 0.2) is 54.6 Å². The molecule has 7 nitrogen and oxygen atoms in total. The van der Waals surface area contributed by atoms with Gasteiger partial charge in [0.2, 0.25) is 5.82 Å². The van der Waals surface area contributed by atoms with E-state index in [1.165, 1.54) is 4.90 Å². The van der Waals surface area contributed by atoms with Gasteiger partial charge in [-0.25, -0.2) is 9.67 Å². The molecule has 0 saturated heterocycles. The Balaban J connectivity index is 2.07. The summed E-state index contributed by atoms with van der Waals surface area (Å²) in [6.45, 7) is 0.101. The summed E-state index contributed by atoms with van der Waals surface area (Å²) in [6, 6.07) is 16.9. The number of carbonyl (C=O) groups excluding carboxylic acids is 1. The molecule has 0 aliphatic carbocycles. The van der Waals surface area contributed by atoms with Crippen LogP contribution in [0.4, 0.5) is 0 Å². The lowest BCUT2D eigenvalue weighted by molar-refractivity contribution is 0.0755. The molecule has 0 spiro atoms. The third kappa shape index (κ3) is 3.57. The highest BCUT2D eigenvalue weighted by Gasteiger charge is 2.21. The minimum atomic E-state index is -0.344. The second-order valence-electron chi connectivity index (χ2n) is 5.69. The van der Waals surface area contributed by atoms with Gasteiger partial charge in [-0.1, -0.05) is 30.3 Å². The third-order valence-electron chi connectivity index (χ3n) is 3.93. The molecule has 1 heterocycles. The highest BCUT2D eigenvalue weighted by atomic mass is 16.5. The van der Waals surface area contributed by atoms with Crippen LogP contribution in [0.1, 0.15) is 10.6 Å². The molecule has 1 aromatic heterocycles. The molecule has 26 heavy (non-hydrogen) atoms. The molecule has 7 heteroatoms. The Hall–Kier alpha value is -3.19. The number of aromatic nitrogens is 3. The number of hydrogen-bond donors (Lipinski definition) is 1. The van der Waals surface area contributed by atoms with Crippen LogP contribution in [-0.4, -0.2) is 58.0 Å². The Morgan fingerprint density at radius 1 is 1.15 bits per heavy atom. The van der Waals surface area contributed by atoms with Crippen molar-refractivity contribution >= 4 is 5.91 Å². The van der Waals surface area contributed by atoms with Crippen molar-refractivity contribution < 1.29 is 14.6 Å². The maximum Gasteiger partial charge on any atom is 0.293 e. The fraction of sp³-hybridized carbons (Fsp3) is 0.211. The number of amides is 1. The quantitative estimate of drug-likeness (QED) is 0.734. The van der Waals surface area contributed by atoms with E-state index in [1.54, 1.807) is 18.8 Å². The summed E-state index contributed by atoms with van der Waals surface area (Å²) in [4.78, 5) is 18.4. The van der Waals surface area contributed by atoms with Crippen molar-refractivity contribution in [3.63, 3.8) is 0 Å². The summed E-state index contributed by atoms with van der Waals surface area (Å²) < 4.78 is 6.83. The van der Waals surface area contributed by atoms with Crippen molar-refractivity contribution in [3.05, 3.63) is 60.4 Å². The minimum Gasteiger partial charge on any atom is -0.497 e. The first-order valence-corrected chi connectivity index (χ1v) is 8.17. The number of aliphatic hydroxyl groups excluding tert-OH is 1. The predicted molar refractivity (Wildman–Crippen MR) is 97.4 cm³/mol. The lowest BCUT2D eigenvalue weighted by Crippen LogP contribution is -2.30. The molecule has 1 amide bonds. The topological polar surface area (TPSA) is 80.5 Å². The molecule has 3 rings (SSSR count). The van der Waals surface area contributed by atoms with E-state index >= 15 is 0 Å². The molecular weight excluding hydrogens is 332 g/mol. The summed E-state index contributed by atoms with van der Waals surface area (Å²) in [5.41, 5.74) is 1.61. The standard InChI is InChI=1S/C19H20N4O3/c1-22(12-13-24)19(25)17-20-18(14-6-4-3-5-7-14)23(21-17)15-8-10-16(26-2)11-9-15/h3-11,24H,12-13H2,1-2H3. The van der Waals surface area contributed by atoms with E-state index in [0.717, 1.165) is 17.0 Å². The normalized spacial score (nSPS) is 10.6. The van der Waals surface area contributed by atoms with Gasteiger partial charge in [0.1, 0.15) is 5.75 Å². The molecule has 2 aromatic carbocycles. The van der Waals surface area contributed by atoms with Gasteiger partial charge in [0, 0.05) is 19.2 Å². The van der Waals surface area contributed by atoms with Crippen LogP contribution in [0, 0.1) is 0 Å². The highest BCUT2D eigenvalue weighted by Crippen LogP contribution is 2.23. The fourth-order valence-corrected chi connectivity index (χ4v) is 2.50. The molecule has 0 bridgehead atoms. The predicted octanol–water partition coefficient (Wildman–Crippen LogP) is 2.01. The average Bonchev–Trinajstić information content (AvgIpc) is 3.13. The monoisotopic (exact) mass is 352 g/mol. The van der Waals surface area contributed by atoms with Gasteiger partial charge in [0.05, 0.1) is 19.4 Å². The number of rotatable bonds is 6. The Morgan fingerprint density at radius 2 is 1.85 bits per heavy atom. The smallest absolute Gasteiger partial charge is 0.293 e. The number of nitrogens with zero attached hydrogens (tertiary/aromatic N) is 4. The number of aliphatic hydroxyl groups is 1. The zero-order valence-corrected chi connectivity index (χ0v) is 14.7. The molecule has 0 atom stereocenters. The van der Waals surface area contributed by atoms with E-state index in [2.05, 4.69) is 10.1 Å². The van der Waals surface area contributed by atoms with Gasteiger partial charge in [0.15, 0.2) is 5.82 Å². The second-order valence-corrected chi connectivity index (χ2v) is 5.69. The second kappa shape index (κ2) is 7.79. The average molecular weight is 352 g/mol. The summed E-state index contributed by atoms with van der Waals surface area (Å²) >= 11 is 0. The van der Waals surface area contributed by atoms with E-state index in [1.807, 2.05) is 54.6 Å². The van der Waals surface area contributed by atoms with Crippen LogP contribution in [0.3, 0.4) is 0 Å². The molecule has 134 valence electrons. The molecule has 0 saturated carbocycles. The first kappa shape index (κ1) is 17.6. The first-order chi connectivity index (χ1) is 12.6. The number of benzene rings is 2. The van der Waals surface area contributed by atoms with E-state index in [-0.39, 0.29) is 24.9 Å². The third-order valence-corrected chi connectivity index (χ3v) is 3.93. The van der Waals surface area contributed by atoms with Crippen molar-refractivity contribution in [3.8, 4) is 22.8 Å². The summed E-state index contributed by atoms with van der Waals surface area (Å²) in [6.07, 6.45) is 0. The fourth-order valence-electron chi connectivity index (χ4n) is 2.50. The van der Waals surface area contributed by atoms with Gasteiger partial charge in [-0.3, -0.25) is 4.79 Å². The summed E-state index contributed by atoms with van der Waals surface area (Å²) in [5.74, 6) is 1.03. The highest BCUT2D eigenvalue weighted by molar-refractivity contribution is 5.90. The number of likely N-dealkylation sites (N-methyl/N-ethyl adjacent to an activating group) is 1. The molecule has 0 aliphatic heterocycles. The number of methoxy groups -OCH3 is 1. The van der Waals surface area contributed by atoms with Crippen LogP contribution in [0.25, 0.3) is 17.1 Å². The number of carbonyl (C=O) groups is 1. The van der Waals surface area contributed by atoms with Crippen molar-refractivity contribution in [1.82, 2.24) is 19.7 Å². The van der Waals surface area contributed by atoms with Gasteiger partial charge in [-0.05, 0) is 24.3 Å². The van der Waals surface area contributed by atoms with Gasteiger partial charge in [0.25, 0.3) is 5.91 Å². The first-order valence-electron chi connectivity index (χ1n) is 8.17. The zero-order valence-electron chi connectivity index (χ0n) is 14.7. The Kier molecular flexibility index (Phi) is 5.28. The van der Waals surface area contributed by atoms with Crippen molar-refractivity contribution in [2.24, 2.45) is 0 Å². The zero-order chi connectivity index (χ0) is 18.5. The van der Waals surface area contributed by atoms with Gasteiger partial charge in [-0.2, -0.15) is 0 Å². The molecule has 0 fully saturated rings. The van der Waals surface area contributed by atoms with Gasteiger partial charge in [-0.15, -0.1) is 5.10 Å². The Labute approximate surface area is 151 Å². The number of hydrogen-bond acceptors (Lipinski definition) is 5. The summed E-state index contributed by atoms with van der Waals surface area (Å²) in [7, 11) is 3.21. The SMILES string of the molecule is COc1ccc(-n2nc(C(=O)N(C)CCO)nc2-c2ccccc2)cc1. The van der Waals surface area contributed by atoms with Crippen molar-refractivity contribution in [2.75, 3.05) is 27.3 Å². The maximum atomic E-state index is 12.5. The Bertz CT molecular complexity index is 876. The number of ether oxygens (including phenoxy) is 1. The van der Waals surface area contributed by atoms with E-state index in [0.29, 0.717) is 5.82 Å². The van der Waals surface area contributed by atoms with Crippen molar-refractivity contribution in [2.45, 2.75) is 0 Å². The van der Waals surface area contributed by atoms with Crippen LogP contribution in [-0.2, 0) is 0 Å². The molecule has 0 aliphatic rings. The van der Waals surface area contributed by atoms with E-state index < -0.39 is 0 Å². The Morgan fingerprint density at radius 3 is 2.46 bits per heavy atom. The van der Waals surface area contributed by atoms with E-state index in [9.17, 15) is 4.79 Å². The van der Waals surface area contributed by atoms with Gasteiger partial charge < -0.3 is 14.7 Å². The van der Waals surface area contributed by atoms with Crippen LogP contribution < -0.4 is 4.74 Å². The molecule has 1 N–H and O–H groups in total. The molecule has 0 unspecified atom stereocenters. The molecular formula is C19H20N4O3. The molecule has 3 aromatic rings. The van der Waals surface area contributed by atoms with Crippen LogP contribution in [0.2, 0.25) is 0 Å². The summed E-state index contributed by atoms with van der Waals surface area (Å²) in [5, 5.41) is 13.5. The van der Waals surface area contributed by atoms with Crippen molar-refractivity contribution in [1.29, 1.82) is 0 Å².